The van der Waals surface area contributed by atoms with Crippen molar-refractivity contribution < 1.29 is 23.5 Å². The van der Waals surface area contributed by atoms with E-state index in [1.807, 2.05) is 48.5 Å². The zero-order chi connectivity index (χ0) is 27.9. The number of ether oxygens (including phenoxy) is 1. The average molecular weight is 568 g/mol. The molecule has 202 valence electrons. The number of benzene rings is 3. The van der Waals surface area contributed by atoms with Crippen LogP contribution >= 0.6 is 23.4 Å². The fraction of sp³-hybridized carbons (Fsp3) is 0.207. The molecule has 3 aromatic carbocycles. The normalized spacial score (nSPS) is 14.2. The van der Waals surface area contributed by atoms with Crippen LogP contribution in [0, 0.1) is 5.82 Å². The molecule has 39 heavy (non-hydrogen) atoms. The minimum absolute atomic E-state index is 0.154. The van der Waals surface area contributed by atoms with Crippen LogP contribution in [0.4, 0.5) is 20.6 Å². The number of nitrogens with one attached hydrogen (secondary N) is 1. The van der Waals surface area contributed by atoms with E-state index >= 15 is 0 Å². The molecule has 0 spiro atoms. The Morgan fingerprint density at radius 3 is 2.51 bits per heavy atom. The summed E-state index contributed by atoms with van der Waals surface area (Å²) in [6, 6.07) is 19.2. The lowest BCUT2D eigenvalue weighted by atomic mass is 10.1. The average Bonchev–Trinajstić information content (AvgIpc) is 3.19. The van der Waals surface area contributed by atoms with Crippen molar-refractivity contribution >= 4 is 57.9 Å². The largest absolute Gasteiger partial charge is 0.488 e. The summed E-state index contributed by atoms with van der Waals surface area (Å²) >= 11 is 6.51. The van der Waals surface area contributed by atoms with Gasteiger partial charge in [-0.15, -0.1) is 0 Å². The Balaban J connectivity index is 1.53. The van der Waals surface area contributed by atoms with E-state index in [1.54, 1.807) is 6.08 Å². The van der Waals surface area contributed by atoms with Crippen LogP contribution in [0.15, 0.2) is 71.6 Å². The molecule has 0 aliphatic carbocycles. The number of anilines is 2. The van der Waals surface area contributed by atoms with Gasteiger partial charge < -0.3 is 15.0 Å². The van der Waals surface area contributed by atoms with Crippen molar-refractivity contribution in [3.63, 3.8) is 0 Å². The van der Waals surface area contributed by atoms with E-state index in [0.29, 0.717) is 17.9 Å². The van der Waals surface area contributed by atoms with Crippen LogP contribution in [0.3, 0.4) is 0 Å². The predicted octanol–water partition coefficient (Wildman–Crippen LogP) is 6.58. The number of carbonyl (C=O) groups excluding carboxylic acids is 3. The molecule has 7 nitrogen and oxygen atoms in total. The summed E-state index contributed by atoms with van der Waals surface area (Å²) in [7, 11) is 0. The highest BCUT2D eigenvalue weighted by molar-refractivity contribution is 8.18. The third-order valence-electron chi connectivity index (χ3n) is 6.03. The quantitative estimate of drug-likeness (QED) is 0.279. The van der Waals surface area contributed by atoms with Crippen LogP contribution in [-0.2, 0) is 16.2 Å². The van der Waals surface area contributed by atoms with Gasteiger partial charge in [-0.05, 0) is 67.6 Å². The number of thioether (sulfide) groups is 1. The van der Waals surface area contributed by atoms with Crippen molar-refractivity contribution in [3.05, 3.63) is 93.6 Å². The zero-order valence-electron chi connectivity index (χ0n) is 21.4. The van der Waals surface area contributed by atoms with E-state index < -0.39 is 29.4 Å². The Kier molecular flexibility index (Phi) is 9.27. The molecule has 0 unspecified atom stereocenters. The molecule has 3 aromatic rings. The van der Waals surface area contributed by atoms with Crippen LogP contribution in [-0.4, -0.2) is 41.6 Å². The van der Waals surface area contributed by atoms with Crippen molar-refractivity contribution in [1.82, 2.24) is 4.90 Å². The molecule has 3 amide bonds. The molecule has 0 radical (unpaired) electrons. The summed E-state index contributed by atoms with van der Waals surface area (Å²) < 4.78 is 19.5. The summed E-state index contributed by atoms with van der Waals surface area (Å²) in [5.74, 6) is -1.25. The van der Waals surface area contributed by atoms with Crippen LogP contribution in [0.25, 0.3) is 6.08 Å². The molecular formula is C29H27ClFN3O4S. The number of hydrogen-bond donors (Lipinski definition) is 1. The van der Waals surface area contributed by atoms with Crippen LogP contribution < -0.4 is 15.0 Å². The lowest BCUT2D eigenvalue weighted by Crippen LogP contribution is -2.36. The third kappa shape index (κ3) is 6.99. The Morgan fingerprint density at radius 2 is 1.82 bits per heavy atom. The first-order valence-corrected chi connectivity index (χ1v) is 13.5. The monoisotopic (exact) mass is 567 g/mol. The van der Waals surface area contributed by atoms with Gasteiger partial charge in [-0.1, -0.05) is 41.9 Å². The highest BCUT2D eigenvalue weighted by atomic mass is 35.5. The van der Waals surface area contributed by atoms with Crippen molar-refractivity contribution in [1.29, 1.82) is 0 Å². The smallest absolute Gasteiger partial charge is 0.294 e. The molecule has 1 aliphatic heterocycles. The summed E-state index contributed by atoms with van der Waals surface area (Å²) in [4.78, 5) is 41.4. The maximum absolute atomic E-state index is 13.4. The summed E-state index contributed by atoms with van der Waals surface area (Å²) in [6.45, 7) is 5.61. The number of nitrogens with zero attached hydrogens (tertiary/aromatic N) is 2. The number of carbonyl (C=O) groups is 3. The van der Waals surface area contributed by atoms with Gasteiger partial charge in [0.25, 0.3) is 11.1 Å². The predicted molar refractivity (Wildman–Crippen MR) is 153 cm³/mol. The minimum Gasteiger partial charge on any atom is -0.488 e. The molecule has 1 heterocycles. The first-order chi connectivity index (χ1) is 18.8. The van der Waals surface area contributed by atoms with Gasteiger partial charge in [0.1, 0.15) is 24.7 Å². The lowest BCUT2D eigenvalue weighted by Gasteiger charge is -2.22. The molecule has 0 aromatic heterocycles. The highest BCUT2D eigenvalue weighted by Crippen LogP contribution is 2.35. The Hall–Kier alpha value is -3.82. The van der Waals surface area contributed by atoms with Gasteiger partial charge in [0.15, 0.2) is 0 Å². The van der Waals surface area contributed by atoms with E-state index in [-0.39, 0.29) is 15.6 Å². The maximum atomic E-state index is 13.4. The van der Waals surface area contributed by atoms with Gasteiger partial charge in [0.2, 0.25) is 5.91 Å². The van der Waals surface area contributed by atoms with Gasteiger partial charge in [-0.2, -0.15) is 0 Å². The maximum Gasteiger partial charge on any atom is 0.294 e. The van der Waals surface area contributed by atoms with Crippen LogP contribution in [0.2, 0.25) is 5.02 Å². The van der Waals surface area contributed by atoms with Crippen molar-refractivity contribution in [2.75, 3.05) is 29.9 Å². The van der Waals surface area contributed by atoms with Crippen LogP contribution in [0.5, 0.6) is 5.75 Å². The number of amides is 3. The SMILES string of the molecule is CCN(CC)c1ccc(/C=C2/SC(=O)N(CC(=O)Nc3ccc(F)c(Cl)c3)C2=O)c(OCc2ccccc2)c1. The Bertz CT molecular complexity index is 1410. The second-order valence-corrected chi connectivity index (χ2v) is 10.0. The second-order valence-electron chi connectivity index (χ2n) is 8.61. The van der Waals surface area contributed by atoms with E-state index in [2.05, 4.69) is 24.1 Å². The highest BCUT2D eigenvalue weighted by Gasteiger charge is 2.36. The molecule has 0 saturated carbocycles. The van der Waals surface area contributed by atoms with E-state index in [1.165, 1.54) is 12.1 Å². The van der Waals surface area contributed by atoms with Gasteiger partial charge >= 0.3 is 0 Å². The van der Waals surface area contributed by atoms with Crippen molar-refractivity contribution in [3.8, 4) is 5.75 Å². The lowest BCUT2D eigenvalue weighted by molar-refractivity contribution is -0.127. The Labute approximate surface area is 235 Å². The molecule has 1 saturated heterocycles. The zero-order valence-corrected chi connectivity index (χ0v) is 23.0. The fourth-order valence-corrected chi connectivity index (χ4v) is 4.99. The first kappa shape index (κ1) is 28.2. The molecule has 1 aliphatic rings. The van der Waals surface area contributed by atoms with Gasteiger partial charge in [-0.25, -0.2) is 4.39 Å². The molecule has 0 atom stereocenters. The standard InChI is InChI=1S/C29H27ClFN3O4S/c1-3-33(4-2)22-12-10-20(25(16-22)38-18-19-8-6-5-7-9-19)14-26-28(36)34(29(37)39-26)17-27(35)32-21-11-13-24(31)23(30)15-21/h5-16H,3-4,17-18H2,1-2H3,(H,32,35)/b26-14+. The Morgan fingerprint density at radius 1 is 1.08 bits per heavy atom. The molecular weight excluding hydrogens is 541 g/mol. The number of hydrogen-bond acceptors (Lipinski definition) is 6. The van der Waals surface area contributed by atoms with E-state index in [9.17, 15) is 18.8 Å². The van der Waals surface area contributed by atoms with E-state index in [0.717, 1.165) is 47.1 Å². The van der Waals surface area contributed by atoms with Gasteiger partial charge in [0.05, 0.1) is 9.93 Å². The van der Waals surface area contributed by atoms with Gasteiger partial charge in [0, 0.05) is 36.1 Å². The fourth-order valence-electron chi connectivity index (χ4n) is 3.98. The van der Waals surface area contributed by atoms with Crippen molar-refractivity contribution in [2.45, 2.75) is 20.5 Å². The molecule has 1 N–H and O–H groups in total. The third-order valence-corrected chi connectivity index (χ3v) is 7.23. The summed E-state index contributed by atoms with van der Waals surface area (Å²) in [6.07, 6.45) is 1.61. The number of rotatable bonds is 10. The van der Waals surface area contributed by atoms with Gasteiger partial charge in [-0.3, -0.25) is 19.3 Å². The van der Waals surface area contributed by atoms with E-state index in [4.69, 9.17) is 16.3 Å². The minimum atomic E-state index is -0.622. The summed E-state index contributed by atoms with van der Waals surface area (Å²) in [5, 5.41) is 1.80. The molecule has 4 rings (SSSR count). The molecule has 1 fully saturated rings. The molecule has 10 heteroatoms. The molecule has 0 bridgehead atoms. The number of imide groups is 1. The number of halogens is 2. The first-order valence-electron chi connectivity index (χ1n) is 12.3. The van der Waals surface area contributed by atoms with Crippen LogP contribution in [0.1, 0.15) is 25.0 Å². The second kappa shape index (κ2) is 12.8. The summed E-state index contributed by atoms with van der Waals surface area (Å²) in [5.41, 5.74) is 2.86. The topological polar surface area (TPSA) is 79.0 Å². The van der Waals surface area contributed by atoms with Crippen molar-refractivity contribution in [2.24, 2.45) is 0 Å².